The number of phenolic OH excluding ortho intramolecular Hbond substituents is 1. The number of hydrogen-bond donors (Lipinski definition) is 3. The minimum atomic E-state index is 0.189. The molecule has 0 bridgehead atoms. The molecule has 25 heavy (non-hydrogen) atoms. The number of hydrogen-bond acceptors (Lipinski definition) is 4. The molecule has 0 spiro atoms. The summed E-state index contributed by atoms with van der Waals surface area (Å²) < 4.78 is 5.62. The second kappa shape index (κ2) is 7.09. The van der Waals surface area contributed by atoms with E-state index in [0.717, 1.165) is 35.6 Å². The second-order valence-electron chi connectivity index (χ2n) is 6.12. The van der Waals surface area contributed by atoms with Crippen LogP contribution in [0.15, 0.2) is 36.4 Å². The Morgan fingerprint density at radius 1 is 1.16 bits per heavy atom. The van der Waals surface area contributed by atoms with Gasteiger partial charge in [0.1, 0.15) is 5.75 Å². The van der Waals surface area contributed by atoms with Crippen molar-refractivity contribution in [3.63, 3.8) is 0 Å². The second-order valence-corrected chi connectivity index (χ2v) is 7.98. The summed E-state index contributed by atoms with van der Waals surface area (Å²) in [5.41, 5.74) is 4.71. The van der Waals surface area contributed by atoms with Crippen LogP contribution in [-0.4, -0.2) is 20.9 Å². The molecule has 3 N–H and O–H groups in total. The standard InChI is InChI=1S/C18H17Cl2N3OS/c19-12-1-2-17-16(8-12)15-3-4-23(10-18(15)22-17)25-21-9-11-5-13(20)7-14(24)6-11/h1-2,5-8,21-22,24H,3-4,9-10H2. The van der Waals surface area contributed by atoms with Crippen molar-refractivity contribution in [2.75, 3.05) is 6.54 Å². The Balaban J connectivity index is 1.40. The molecule has 4 nitrogen and oxygen atoms in total. The van der Waals surface area contributed by atoms with Crippen molar-refractivity contribution >= 4 is 46.2 Å². The summed E-state index contributed by atoms with van der Waals surface area (Å²) in [5.74, 6) is 0.189. The van der Waals surface area contributed by atoms with Crippen LogP contribution in [0.4, 0.5) is 0 Å². The highest BCUT2D eigenvalue weighted by Gasteiger charge is 2.21. The van der Waals surface area contributed by atoms with Gasteiger partial charge in [0.2, 0.25) is 0 Å². The molecule has 0 aliphatic carbocycles. The SMILES string of the molecule is Oc1cc(Cl)cc(CNSN2CCc3c([nH]c4ccc(Cl)cc34)C2)c1. The Hall–Kier alpha value is -1.37. The molecule has 0 fully saturated rings. The number of fused-ring (bicyclic) bond motifs is 3. The first kappa shape index (κ1) is 17.1. The minimum absolute atomic E-state index is 0.189. The van der Waals surface area contributed by atoms with E-state index < -0.39 is 0 Å². The highest BCUT2D eigenvalue weighted by atomic mass is 35.5. The van der Waals surface area contributed by atoms with E-state index in [-0.39, 0.29) is 5.75 Å². The quantitative estimate of drug-likeness (QED) is 0.552. The summed E-state index contributed by atoms with van der Waals surface area (Å²) in [6, 6.07) is 11.1. The van der Waals surface area contributed by atoms with E-state index in [1.54, 1.807) is 18.2 Å². The number of nitrogens with one attached hydrogen (secondary N) is 2. The first-order valence-electron chi connectivity index (χ1n) is 8.01. The lowest BCUT2D eigenvalue weighted by atomic mass is 10.0. The lowest BCUT2D eigenvalue weighted by Crippen LogP contribution is -2.27. The van der Waals surface area contributed by atoms with E-state index in [0.29, 0.717) is 11.6 Å². The van der Waals surface area contributed by atoms with Gasteiger partial charge in [0.15, 0.2) is 0 Å². The highest BCUT2D eigenvalue weighted by Crippen LogP contribution is 2.31. The molecule has 7 heteroatoms. The van der Waals surface area contributed by atoms with Crippen LogP contribution in [0.25, 0.3) is 10.9 Å². The van der Waals surface area contributed by atoms with Crippen LogP contribution in [0, 0.1) is 0 Å². The third-order valence-corrected chi connectivity index (χ3v) is 5.61. The molecule has 2 aromatic carbocycles. The molecule has 3 aromatic rings. The van der Waals surface area contributed by atoms with Crippen LogP contribution in [0.3, 0.4) is 0 Å². The van der Waals surface area contributed by atoms with Crippen molar-refractivity contribution in [2.45, 2.75) is 19.5 Å². The molecule has 0 unspecified atom stereocenters. The van der Waals surface area contributed by atoms with Gasteiger partial charge in [0.05, 0.1) is 6.54 Å². The fraction of sp³-hybridized carbons (Fsp3) is 0.222. The summed E-state index contributed by atoms with van der Waals surface area (Å²) in [6.45, 7) is 2.44. The van der Waals surface area contributed by atoms with Crippen molar-refractivity contribution in [3.05, 3.63) is 63.3 Å². The van der Waals surface area contributed by atoms with Gasteiger partial charge in [-0.3, -0.25) is 0 Å². The van der Waals surface area contributed by atoms with Gasteiger partial charge in [-0.05, 0) is 53.9 Å². The Bertz CT molecular complexity index is 908. The van der Waals surface area contributed by atoms with E-state index in [1.165, 1.54) is 22.7 Å². The van der Waals surface area contributed by atoms with Gasteiger partial charge >= 0.3 is 0 Å². The molecule has 0 atom stereocenters. The van der Waals surface area contributed by atoms with Crippen molar-refractivity contribution in [1.82, 2.24) is 14.0 Å². The number of phenols is 1. The van der Waals surface area contributed by atoms with Crippen LogP contribution < -0.4 is 4.72 Å². The van der Waals surface area contributed by atoms with Gasteiger partial charge in [0.25, 0.3) is 0 Å². The van der Waals surface area contributed by atoms with Gasteiger partial charge in [-0.25, -0.2) is 9.03 Å². The molecule has 0 amide bonds. The predicted molar refractivity (Wildman–Crippen MR) is 105 cm³/mol. The molecule has 0 saturated carbocycles. The average Bonchev–Trinajstić information content (AvgIpc) is 2.91. The first-order valence-corrected chi connectivity index (χ1v) is 9.53. The predicted octanol–water partition coefficient (Wildman–Crippen LogP) is 4.89. The van der Waals surface area contributed by atoms with Crippen molar-refractivity contribution in [2.24, 2.45) is 0 Å². The molecule has 1 aliphatic rings. The summed E-state index contributed by atoms with van der Waals surface area (Å²) in [7, 11) is 0. The normalized spacial score (nSPS) is 14.8. The number of rotatable bonds is 4. The third kappa shape index (κ3) is 3.76. The molecular formula is C18H17Cl2N3OS. The molecule has 0 radical (unpaired) electrons. The van der Waals surface area contributed by atoms with Crippen molar-refractivity contribution in [3.8, 4) is 5.75 Å². The monoisotopic (exact) mass is 393 g/mol. The summed E-state index contributed by atoms with van der Waals surface area (Å²) in [6.07, 6.45) is 0.988. The number of nitrogens with zero attached hydrogens (tertiary/aromatic N) is 1. The smallest absolute Gasteiger partial charge is 0.117 e. The van der Waals surface area contributed by atoms with E-state index in [4.69, 9.17) is 23.2 Å². The average molecular weight is 394 g/mol. The number of aromatic hydroxyl groups is 1. The summed E-state index contributed by atoms with van der Waals surface area (Å²) >= 11 is 13.7. The Labute approximate surface area is 160 Å². The van der Waals surface area contributed by atoms with Gasteiger partial charge in [-0.15, -0.1) is 0 Å². The van der Waals surface area contributed by atoms with Crippen molar-refractivity contribution in [1.29, 1.82) is 0 Å². The molecule has 4 rings (SSSR count). The number of aromatic amines is 1. The molecule has 1 aromatic heterocycles. The maximum Gasteiger partial charge on any atom is 0.117 e. The maximum absolute atomic E-state index is 9.60. The Morgan fingerprint density at radius 2 is 2.04 bits per heavy atom. The molecule has 1 aliphatic heterocycles. The fourth-order valence-corrected chi connectivity index (χ4v) is 4.42. The Morgan fingerprint density at radius 3 is 2.88 bits per heavy atom. The number of H-pyrrole nitrogens is 1. The largest absolute Gasteiger partial charge is 0.508 e. The van der Waals surface area contributed by atoms with Crippen LogP contribution in [0.5, 0.6) is 5.75 Å². The van der Waals surface area contributed by atoms with E-state index in [2.05, 4.69) is 14.0 Å². The summed E-state index contributed by atoms with van der Waals surface area (Å²) in [4.78, 5) is 3.50. The first-order chi connectivity index (χ1) is 12.1. The Kier molecular flexibility index (Phi) is 4.84. The minimum Gasteiger partial charge on any atom is -0.508 e. The lowest BCUT2D eigenvalue weighted by Gasteiger charge is -2.25. The van der Waals surface area contributed by atoms with E-state index in [9.17, 15) is 5.11 Å². The molecule has 2 heterocycles. The van der Waals surface area contributed by atoms with Crippen molar-refractivity contribution < 1.29 is 5.11 Å². The molecule has 0 saturated heterocycles. The van der Waals surface area contributed by atoms with Crippen LogP contribution in [-0.2, 0) is 19.5 Å². The van der Waals surface area contributed by atoms with Crippen LogP contribution >= 0.6 is 35.3 Å². The molecule has 130 valence electrons. The van der Waals surface area contributed by atoms with Gasteiger partial charge in [-0.2, -0.15) is 0 Å². The van der Waals surface area contributed by atoms with Gasteiger partial charge < -0.3 is 10.1 Å². The van der Waals surface area contributed by atoms with Gasteiger partial charge in [-0.1, -0.05) is 23.2 Å². The zero-order valence-electron chi connectivity index (χ0n) is 13.4. The van der Waals surface area contributed by atoms with E-state index >= 15 is 0 Å². The number of benzene rings is 2. The number of aromatic nitrogens is 1. The number of halogens is 2. The van der Waals surface area contributed by atoms with Crippen LogP contribution in [0.2, 0.25) is 10.0 Å². The van der Waals surface area contributed by atoms with E-state index in [1.807, 2.05) is 24.3 Å². The zero-order valence-corrected chi connectivity index (χ0v) is 15.7. The molecular weight excluding hydrogens is 377 g/mol. The zero-order chi connectivity index (χ0) is 17.4. The maximum atomic E-state index is 9.60. The lowest BCUT2D eigenvalue weighted by molar-refractivity contribution is 0.437. The van der Waals surface area contributed by atoms with Gasteiger partial charge in [0, 0.05) is 51.9 Å². The topological polar surface area (TPSA) is 51.3 Å². The fourth-order valence-electron chi connectivity index (χ4n) is 3.21. The highest BCUT2D eigenvalue weighted by molar-refractivity contribution is 7.95. The summed E-state index contributed by atoms with van der Waals surface area (Å²) in [5, 5.41) is 12.1. The third-order valence-electron chi connectivity index (χ3n) is 4.31. The van der Waals surface area contributed by atoms with Crippen LogP contribution in [0.1, 0.15) is 16.8 Å².